The lowest BCUT2D eigenvalue weighted by molar-refractivity contribution is 0.102. The molecule has 0 bridgehead atoms. The van der Waals surface area contributed by atoms with Gasteiger partial charge in [-0.1, -0.05) is 39.8 Å². The van der Waals surface area contributed by atoms with Crippen LogP contribution in [0.5, 0.6) is 0 Å². The quantitative estimate of drug-likeness (QED) is 0.667. The van der Waals surface area contributed by atoms with Gasteiger partial charge in [0, 0.05) is 10.0 Å². The van der Waals surface area contributed by atoms with Crippen LogP contribution in [0.25, 0.3) is 0 Å². The smallest absolute Gasteiger partial charge is 0.216 e. The normalized spacial score (nSPS) is 10.4. The first-order valence-corrected chi connectivity index (χ1v) is 6.52. The summed E-state index contributed by atoms with van der Waals surface area (Å²) in [6.45, 7) is 0. The molecule has 0 amide bonds. The highest BCUT2D eigenvalue weighted by Gasteiger charge is 2.08. The van der Waals surface area contributed by atoms with E-state index in [4.69, 9.17) is 5.73 Å². The fourth-order valence-corrected chi connectivity index (χ4v) is 2.14. The molecule has 2 rings (SSSR count). The summed E-state index contributed by atoms with van der Waals surface area (Å²) in [6.07, 6.45) is 0. The molecule has 88 valence electrons. The molecule has 0 aliphatic heterocycles. The number of thioether (sulfide) groups is 1. The fourth-order valence-electron chi connectivity index (χ4n) is 1.17. The van der Waals surface area contributed by atoms with E-state index >= 15 is 0 Å². The van der Waals surface area contributed by atoms with E-state index in [0.717, 1.165) is 4.47 Å². The first-order chi connectivity index (χ1) is 8.15. The van der Waals surface area contributed by atoms with Gasteiger partial charge in [0.2, 0.25) is 11.1 Å². The number of Topliss-reactive ketones (excluding diaryl/α,β-unsaturated/α-hetero) is 1. The number of carbonyl (C=O) groups excluding carboxylic acids is 1. The van der Waals surface area contributed by atoms with Crippen LogP contribution >= 0.6 is 27.7 Å². The molecule has 1 aromatic heterocycles. The zero-order valence-corrected chi connectivity index (χ0v) is 11.1. The molecule has 1 aromatic carbocycles. The second kappa shape index (κ2) is 5.33. The summed E-state index contributed by atoms with van der Waals surface area (Å²) in [5.74, 6) is 0.577. The maximum Gasteiger partial charge on any atom is 0.216 e. The standard InChI is InChI=1S/C10H9BrN4OS/c11-7-3-1-6(2-4-7)8(16)5-17-10-13-9(12)14-15-10/h1-4H,5H2,(H3,12,13,14,15). The predicted molar refractivity (Wildman–Crippen MR) is 70.0 cm³/mol. The second-order valence-corrected chi connectivity index (χ2v) is 5.08. The Morgan fingerprint density at radius 2 is 2.12 bits per heavy atom. The Morgan fingerprint density at radius 1 is 1.41 bits per heavy atom. The SMILES string of the molecule is Nc1nc(SCC(=O)c2ccc(Br)cc2)n[nH]1. The van der Waals surface area contributed by atoms with Crippen molar-refractivity contribution in [1.82, 2.24) is 15.2 Å². The Bertz CT molecular complexity index is 525. The average molecular weight is 313 g/mol. The molecule has 0 aliphatic rings. The number of hydrogen-bond donors (Lipinski definition) is 2. The molecule has 3 N–H and O–H groups in total. The van der Waals surface area contributed by atoms with E-state index in [9.17, 15) is 4.79 Å². The van der Waals surface area contributed by atoms with E-state index in [1.54, 1.807) is 12.1 Å². The zero-order chi connectivity index (χ0) is 12.3. The Balaban J connectivity index is 1.95. The van der Waals surface area contributed by atoms with Crippen LogP contribution in [0.4, 0.5) is 5.95 Å². The van der Waals surface area contributed by atoms with E-state index in [0.29, 0.717) is 16.5 Å². The van der Waals surface area contributed by atoms with Crippen molar-refractivity contribution >= 4 is 39.4 Å². The molecule has 5 nitrogen and oxygen atoms in total. The van der Waals surface area contributed by atoms with Gasteiger partial charge < -0.3 is 5.73 Å². The van der Waals surface area contributed by atoms with Gasteiger partial charge in [0.15, 0.2) is 5.78 Å². The van der Waals surface area contributed by atoms with Gasteiger partial charge in [-0.3, -0.25) is 4.79 Å². The Morgan fingerprint density at radius 3 is 2.71 bits per heavy atom. The third kappa shape index (κ3) is 3.31. The minimum absolute atomic E-state index is 0.0332. The number of halogens is 1. The summed E-state index contributed by atoms with van der Waals surface area (Å²) in [4.78, 5) is 15.7. The molecule has 0 atom stereocenters. The van der Waals surface area contributed by atoms with Crippen LogP contribution in [-0.2, 0) is 0 Å². The molecule has 2 aromatic rings. The Hall–Kier alpha value is -1.34. The van der Waals surface area contributed by atoms with Crippen LogP contribution in [0.3, 0.4) is 0 Å². The number of ketones is 1. The first kappa shape index (κ1) is 12.1. The Labute approximate surface area is 110 Å². The van der Waals surface area contributed by atoms with E-state index in [1.807, 2.05) is 12.1 Å². The number of benzene rings is 1. The van der Waals surface area contributed by atoms with Gasteiger partial charge in [0.1, 0.15) is 0 Å². The summed E-state index contributed by atoms with van der Waals surface area (Å²) < 4.78 is 0.948. The van der Waals surface area contributed by atoms with Crippen molar-refractivity contribution in [2.24, 2.45) is 0 Å². The topological polar surface area (TPSA) is 84.7 Å². The van der Waals surface area contributed by atoms with E-state index in [-0.39, 0.29) is 11.7 Å². The third-order valence-corrected chi connectivity index (χ3v) is 3.36. The number of nitrogens with zero attached hydrogens (tertiary/aromatic N) is 2. The summed E-state index contributed by atoms with van der Waals surface area (Å²) in [7, 11) is 0. The van der Waals surface area contributed by atoms with Gasteiger partial charge in [0.25, 0.3) is 0 Å². The van der Waals surface area contributed by atoms with Crippen molar-refractivity contribution in [3.05, 3.63) is 34.3 Å². The van der Waals surface area contributed by atoms with Crippen molar-refractivity contribution < 1.29 is 4.79 Å². The van der Waals surface area contributed by atoms with Crippen LogP contribution in [0.1, 0.15) is 10.4 Å². The molecule has 0 spiro atoms. The van der Waals surface area contributed by atoms with Crippen molar-refractivity contribution in [3.8, 4) is 0 Å². The zero-order valence-electron chi connectivity index (χ0n) is 8.68. The number of H-pyrrole nitrogens is 1. The lowest BCUT2D eigenvalue weighted by atomic mass is 10.2. The average Bonchev–Trinajstić information content (AvgIpc) is 2.73. The molecule has 7 heteroatoms. The number of aromatic nitrogens is 3. The van der Waals surface area contributed by atoms with Crippen molar-refractivity contribution in [1.29, 1.82) is 0 Å². The lowest BCUT2D eigenvalue weighted by Crippen LogP contribution is -2.02. The van der Waals surface area contributed by atoms with Gasteiger partial charge in [0.05, 0.1) is 5.75 Å². The minimum Gasteiger partial charge on any atom is -0.368 e. The monoisotopic (exact) mass is 312 g/mol. The number of rotatable bonds is 4. The van der Waals surface area contributed by atoms with Crippen molar-refractivity contribution in [2.75, 3.05) is 11.5 Å². The van der Waals surface area contributed by atoms with Crippen molar-refractivity contribution in [2.45, 2.75) is 5.16 Å². The van der Waals surface area contributed by atoms with Gasteiger partial charge in [-0.25, -0.2) is 5.10 Å². The molecule has 0 saturated heterocycles. The van der Waals surface area contributed by atoms with Crippen LogP contribution in [0.15, 0.2) is 33.9 Å². The highest BCUT2D eigenvalue weighted by atomic mass is 79.9. The number of carbonyl (C=O) groups is 1. The van der Waals surface area contributed by atoms with Gasteiger partial charge in [-0.05, 0) is 12.1 Å². The van der Waals surface area contributed by atoms with Crippen LogP contribution < -0.4 is 5.73 Å². The number of aromatic amines is 1. The summed E-state index contributed by atoms with van der Waals surface area (Å²) in [5.41, 5.74) is 6.05. The van der Waals surface area contributed by atoms with E-state index in [1.165, 1.54) is 11.8 Å². The number of anilines is 1. The van der Waals surface area contributed by atoms with Gasteiger partial charge in [-0.2, -0.15) is 4.98 Å². The molecular formula is C10H9BrN4OS. The fraction of sp³-hybridized carbons (Fsp3) is 0.100. The number of nitrogens with one attached hydrogen (secondary N) is 1. The summed E-state index contributed by atoms with van der Waals surface area (Å²) >= 11 is 4.57. The predicted octanol–water partition coefficient (Wildman–Crippen LogP) is 2.12. The Kier molecular flexibility index (Phi) is 3.80. The molecule has 0 saturated carbocycles. The van der Waals surface area contributed by atoms with Gasteiger partial charge >= 0.3 is 0 Å². The third-order valence-electron chi connectivity index (χ3n) is 1.98. The van der Waals surface area contributed by atoms with Crippen LogP contribution in [0.2, 0.25) is 0 Å². The summed E-state index contributed by atoms with van der Waals surface area (Å²) in [5, 5.41) is 6.84. The van der Waals surface area contributed by atoms with Gasteiger partial charge in [-0.15, -0.1) is 5.10 Å². The largest absolute Gasteiger partial charge is 0.368 e. The minimum atomic E-state index is 0.0332. The molecule has 0 aliphatic carbocycles. The number of nitrogen functional groups attached to an aromatic ring is 1. The maximum atomic E-state index is 11.8. The van der Waals surface area contributed by atoms with Crippen LogP contribution in [0, 0.1) is 0 Å². The van der Waals surface area contributed by atoms with Crippen LogP contribution in [-0.4, -0.2) is 26.7 Å². The molecule has 0 radical (unpaired) electrons. The highest BCUT2D eigenvalue weighted by Crippen LogP contribution is 2.16. The molecule has 0 unspecified atom stereocenters. The van der Waals surface area contributed by atoms with E-state index in [2.05, 4.69) is 31.1 Å². The van der Waals surface area contributed by atoms with Crippen molar-refractivity contribution in [3.63, 3.8) is 0 Å². The molecule has 17 heavy (non-hydrogen) atoms. The number of hydrogen-bond acceptors (Lipinski definition) is 5. The summed E-state index contributed by atoms with van der Waals surface area (Å²) in [6, 6.07) is 7.23. The maximum absolute atomic E-state index is 11.8. The van der Waals surface area contributed by atoms with E-state index < -0.39 is 0 Å². The molecule has 0 fully saturated rings. The first-order valence-electron chi connectivity index (χ1n) is 4.74. The second-order valence-electron chi connectivity index (χ2n) is 3.22. The highest BCUT2D eigenvalue weighted by molar-refractivity contribution is 9.10. The molecular weight excluding hydrogens is 304 g/mol. The molecule has 1 heterocycles. The lowest BCUT2D eigenvalue weighted by Gasteiger charge is -1.99. The number of nitrogens with two attached hydrogens (primary N) is 1.